The second-order valence-electron chi connectivity index (χ2n) is 17.8. The van der Waals surface area contributed by atoms with Crippen molar-refractivity contribution in [3.05, 3.63) is 53.6 Å². The van der Waals surface area contributed by atoms with Gasteiger partial charge in [-0.25, -0.2) is 18.0 Å². The van der Waals surface area contributed by atoms with Crippen molar-refractivity contribution in [3.63, 3.8) is 0 Å². The van der Waals surface area contributed by atoms with Gasteiger partial charge in [0, 0.05) is 0 Å². The maximum absolute atomic E-state index is 13.0. The SMILES string of the molecule is CCCCCCC/C=C/CCCCCCCCCCCCCCOC(=O)c1ccc(S(=O)(=O)[O-])cc1C(=O)OCCCCCCCCCCCCCC/C=C/CCCCCCC.[K+]. The van der Waals surface area contributed by atoms with Crippen LogP contribution in [0.1, 0.15) is 279 Å². The minimum Gasteiger partial charge on any atom is -0.744 e. The first kappa shape index (κ1) is 62.2. The van der Waals surface area contributed by atoms with Gasteiger partial charge in [0.2, 0.25) is 0 Å². The summed E-state index contributed by atoms with van der Waals surface area (Å²) in [7, 11) is -4.82. The van der Waals surface area contributed by atoms with E-state index in [1.165, 1.54) is 199 Å². The molecule has 0 saturated carbocycles. The number of hydrogen-bond acceptors (Lipinski definition) is 7. The van der Waals surface area contributed by atoms with E-state index < -0.39 is 27.0 Å². The molecule has 63 heavy (non-hydrogen) atoms. The second-order valence-corrected chi connectivity index (χ2v) is 19.2. The second kappa shape index (κ2) is 46.3. The first-order valence-electron chi connectivity index (χ1n) is 26.0. The van der Waals surface area contributed by atoms with Gasteiger partial charge in [0.15, 0.2) is 0 Å². The molecule has 0 radical (unpaired) electrons. The summed E-state index contributed by atoms with van der Waals surface area (Å²) in [6, 6.07) is 3.16. The molecule has 0 saturated heterocycles. The van der Waals surface area contributed by atoms with E-state index in [-0.39, 0.29) is 75.7 Å². The molecule has 0 unspecified atom stereocenters. The van der Waals surface area contributed by atoms with Crippen molar-refractivity contribution in [2.24, 2.45) is 0 Å². The van der Waals surface area contributed by atoms with Crippen LogP contribution in [0.25, 0.3) is 0 Å². The van der Waals surface area contributed by atoms with E-state index in [1.54, 1.807) is 0 Å². The molecule has 1 aromatic rings. The molecule has 0 fully saturated rings. The van der Waals surface area contributed by atoms with Gasteiger partial charge in [-0.1, -0.05) is 218 Å². The smallest absolute Gasteiger partial charge is 0.744 e. The van der Waals surface area contributed by atoms with E-state index in [2.05, 4.69) is 38.2 Å². The van der Waals surface area contributed by atoms with Gasteiger partial charge in [0.25, 0.3) is 0 Å². The van der Waals surface area contributed by atoms with Gasteiger partial charge >= 0.3 is 63.3 Å². The normalized spacial score (nSPS) is 11.7. The summed E-state index contributed by atoms with van der Waals surface area (Å²) >= 11 is 0. The fourth-order valence-corrected chi connectivity index (χ4v) is 8.47. The average Bonchev–Trinajstić information content (AvgIpc) is 3.26. The van der Waals surface area contributed by atoms with E-state index in [0.717, 1.165) is 50.7 Å². The first-order chi connectivity index (χ1) is 30.3. The number of allylic oxidation sites excluding steroid dienone is 4. The van der Waals surface area contributed by atoms with Gasteiger partial charge in [-0.2, -0.15) is 0 Å². The van der Waals surface area contributed by atoms with Gasteiger partial charge < -0.3 is 14.0 Å². The number of ether oxygens (including phenoxy) is 2. The summed E-state index contributed by atoms with van der Waals surface area (Å²) in [5.74, 6) is -1.54. The Morgan fingerprint density at radius 2 is 0.698 bits per heavy atom. The molecule has 0 heterocycles. The van der Waals surface area contributed by atoms with Crippen molar-refractivity contribution in [3.8, 4) is 0 Å². The first-order valence-corrected chi connectivity index (χ1v) is 27.5. The molecular weight excluding hydrogens is 832 g/mol. The number of unbranched alkanes of at least 4 members (excludes halogenated alkanes) is 34. The number of hydrogen-bond donors (Lipinski definition) is 0. The molecule has 0 aliphatic carbocycles. The Labute approximate surface area is 431 Å². The Bertz CT molecular complexity index is 1380. The fraction of sp³-hybridized carbons (Fsp3) is 0.778. The van der Waals surface area contributed by atoms with Crippen molar-refractivity contribution in [2.45, 2.75) is 263 Å². The molecule has 9 heteroatoms. The Morgan fingerprint density at radius 3 is 1.00 bits per heavy atom. The van der Waals surface area contributed by atoms with Crippen LogP contribution in [0.3, 0.4) is 0 Å². The van der Waals surface area contributed by atoms with Crippen LogP contribution in [0, 0.1) is 0 Å². The van der Waals surface area contributed by atoms with Crippen molar-refractivity contribution in [1.29, 1.82) is 0 Å². The third-order valence-corrected chi connectivity index (χ3v) is 12.8. The summed E-state index contributed by atoms with van der Waals surface area (Å²) in [5.41, 5.74) is -0.332. The summed E-state index contributed by atoms with van der Waals surface area (Å²) in [5, 5.41) is 0. The van der Waals surface area contributed by atoms with Crippen LogP contribution in [0.5, 0.6) is 0 Å². The topological polar surface area (TPSA) is 110 Å². The molecule has 0 aliphatic heterocycles. The zero-order chi connectivity index (χ0) is 45.0. The number of carbonyl (C=O) groups is 2. The fourth-order valence-electron chi connectivity index (χ4n) is 7.98. The molecule has 1 aromatic carbocycles. The van der Waals surface area contributed by atoms with Crippen LogP contribution in [0.2, 0.25) is 0 Å². The monoisotopic (exact) mass is 925 g/mol. The van der Waals surface area contributed by atoms with Crippen LogP contribution in [0.15, 0.2) is 47.4 Å². The van der Waals surface area contributed by atoms with Gasteiger partial charge in [-0.3, -0.25) is 0 Å². The molecule has 1 rings (SSSR count). The molecule has 0 aliphatic rings. The minimum absolute atomic E-state index is 0. The van der Waals surface area contributed by atoms with E-state index in [4.69, 9.17) is 9.47 Å². The maximum atomic E-state index is 13.0. The van der Waals surface area contributed by atoms with Crippen molar-refractivity contribution in [1.82, 2.24) is 0 Å². The minimum atomic E-state index is -4.82. The Hall–Kier alpha value is -0.814. The van der Waals surface area contributed by atoms with E-state index in [0.29, 0.717) is 12.8 Å². The van der Waals surface area contributed by atoms with Crippen molar-refractivity contribution in [2.75, 3.05) is 13.2 Å². The third-order valence-electron chi connectivity index (χ3n) is 12.0. The zero-order valence-corrected chi connectivity index (χ0v) is 45.0. The Morgan fingerprint density at radius 1 is 0.429 bits per heavy atom. The van der Waals surface area contributed by atoms with E-state index in [9.17, 15) is 22.6 Å². The molecule has 0 bridgehead atoms. The van der Waals surface area contributed by atoms with Crippen LogP contribution in [-0.4, -0.2) is 38.1 Å². The van der Waals surface area contributed by atoms with Gasteiger partial charge in [0.05, 0.1) is 29.2 Å². The molecule has 0 spiro atoms. The number of rotatable bonds is 45. The predicted octanol–water partition coefficient (Wildman–Crippen LogP) is 13.9. The third kappa shape index (κ3) is 38.9. The van der Waals surface area contributed by atoms with Crippen molar-refractivity contribution < 1.29 is 83.4 Å². The van der Waals surface area contributed by atoms with Gasteiger partial charge in [-0.15, -0.1) is 0 Å². The molecule has 0 N–H and O–H groups in total. The number of carbonyl (C=O) groups excluding carboxylic acids is 2. The van der Waals surface area contributed by atoms with Crippen LogP contribution in [0.4, 0.5) is 0 Å². The van der Waals surface area contributed by atoms with Gasteiger partial charge in [-0.05, 0) is 82.4 Å². The summed E-state index contributed by atoms with van der Waals surface area (Å²) in [4.78, 5) is 25.4. The van der Waals surface area contributed by atoms with Crippen LogP contribution in [-0.2, 0) is 19.6 Å². The van der Waals surface area contributed by atoms with E-state index in [1.807, 2.05) is 0 Å². The molecule has 0 atom stereocenters. The predicted molar refractivity (Wildman–Crippen MR) is 260 cm³/mol. The zero-order valence-electron chi connectivity index (χ0n) is 41.1. The molecule has 0 amide bonds. The molecular formula is C54H93KO7S. The summed E-state index contributed by atoms with van der Waals surface area (Å²) < 4.78 is 46.0. The molecule has 0 aromatic heterocycles. The summed E-state index contributed by atoms with van der Waals surface area (Å²) in [6.07, 6.45) is 56.5. The Kier molecular flexibility index (Phi) is 45.7. The van der Waals surface area contributed by atoms with E-state index >= 15 is 0 Å². The van der Waals surface area contributed by atoms with Crippen LogP contribution >= 0.6 is 0 Å². The number of benzene rings is 1. The maximum Gasteiger partial charge on any atom is 1.00 e. The van der Waals surface area contributed by atoms with Crippen LogP contribution < -0.4 is 51.4 Å². The van der Waals surface area contributed by atoms with Crippen molar-refractivity contribution >= 4 is 22.1 Å². The largest absolute Gasteiger partial charge is 1.00 e. The quantitative estimate of drug-likeness (QED) is 0.0211. The standard InChI is InChI=1S/C54H94O7S.K/c1-3-5-7-9-11-13-15-17-19-21-23-25-27-29-31-33-35-37-39-41-43-47-60-53(55)51-46-45-50(62(57,58)59)49-52(51)54(56)61-48-44-42-40-38-36-34-32-30-28-26-24-22-20-18-16-14-12-10-8-6-4-2;/h15-18,45-46,49H,3-14,19-44,47-48H2,1-2H3,(H,57,58,59);/q;+1/p-1/b17-15+,18-16+;. The Balaban J connectivity index is 0.0000384. The summed E-state index contributed by atoms with van der Waals surface area (Å²) in [6.45, 7) is 4.90. The average molecular weight is 925 g/mol. The number of esters is 2. The van der Waals surface area contributed by atoms with Gasteiger partial charge in [0.1, 0.15) is 10.1 Å². The molecule has 358 valence electrons. The molecule has 7 nitrogen and oxygen atoms in total.